The van der Waals surface area contributed by atoms with Crippen molar-refractivity contribution in [2.24, 2.45) is 11.8 Å². The zero-order chi connectivity index (χ0) is 26.8. The van der Waals surface area contributed by atoms with Crippen molar-refractivity contribution in [2.45, 2.75) is 44.8 Å². The lowest BCUT2D eigenvalue weighted by Crippen LogP contribution is -2.50. The van der Waals surface area contributed by atoms with Crippen LogP contribution in [0.1, 0.15) is 54.7 Å². The van der Waals surface area contributed by atoms with Crippen LogP contribution in [0.2, 0.25) is 0 Å². The monoisotopic (exact) mass is 519 g/mol. The fourth-order valence-corrected chi connectivity index (χ4v) is 4.34. The van der Waals surface area contributed by atoms with E-state index in [1.807, 2.05) is 0 Å². The maximum atomic E-state index is 13.6. The molecule has 5 nitrogen and oxygen atoms in total. The van der Waals surface area contributed by atoms with Crippen LogP contribution in [0.5, 0.6) is 5.75 Å². The van der Waals surface area contributed by atoms with E-state index in [0.717, 1.165) is 0 Å². The van der Waals surface area contributed by atoms with E-state index in [9.17, 15) is 36.2 Å². The van der Waals surface area contributed by atoms with Crippen molar-refractivity contribution in [1.82, 2.24) is 4.90 Å². The number of carbonyl (C=O) groups is 1. The maximum absolute atomic E-state index is 13.6. The number of nitrogens with zero attached hydrogens (tertiary/aromatic N) is 1. The Kier molecular flexibility index (Phi) is 8.24. The van der Waals surface area contributed by atoms with E-state index < -0.39 is 53.1 Å². The van der Waals surface area contributed by atoms with Crippen molar-refractivity contribution in [2.75, 3.05) is 19.7 Å². The molecule has 0 amide bonds. The van der Waals surface area contributed by atoms with Gasteiger partial charge in [0.1, 0.15) is 5.75 Å². The lowest BCUT2D eigenvalue weighted by molar-refractivity contribution is -0.145. The van der Waals surface area contributed by atoms with Crippen LogP contribution in [0.4, 0.5) is 26.3 Å². The molecule has 0 spiro atoms. The normalized spacial score (nSPS) is 17.8. The molecule has 2 aromatic rings. The molecule has 198 valence electrons. The fraction of sp³-hybridized carbons (Fsp3) is 0.480. The van der Waals surface area contributed by atoms with Gasteiger partial charge in [0, 0.05) is 25.0 Å². The first-order valence-electron chi connectivity index (χ1n) is 11.4. The van der Waals surface area contributed by atoms with Crippen molar-refractivity contribution in [3.63, 3.8) is 0 Å². The smallest absolute Gasteiger partial charge is 0.416 e. The SMILES string of the molecule is CCC(c1cc(C(F)(F)F)ccc1C(F)(F)F)N1CC(COc2cccc([C@H](O)[C@H](C)C(=O)O)c2)C1. The molecular formula is C25H27F6NO4. The molecule has 1 heterocycles. The molecular weight excluding hydrogens is 492 g/mol. The first kappa shape index (κ1) is 27.8. The Balaban J connectivity index is 1.67. The lowest BCUT2D eigenvalue weighted by atomic mass is 9.89. The third kappa shape index (κ3) is 6.31. The topological polar surface area (TPSA) is 70.0 Å². The molecule has 2 N–H and O–H groups in total. The Morgan fingerprint density at radius 1 is 1.08 bits per heavy atom. The summed E-state index contributed by atoms with van der Waals surface area (Å²) < 4.78 is 86.0. The molecule has 1 saturated heterocycles. The van der Waals surface area contributed by atoms with E-state index in [0.29, 0.717) is 42.6 Å². The van der Waals surface area contributed by atoms with Crippen molar-refractivity contribution >= 4 is 5.97 Å². The minimum absolute atomic E-state index is 0.0642. The van der Waals surface area contributed by atoms with Crippen LogP contribution in [0.25, 0.3) is 0 Å². The average Bonchev–Trinajstić information content (AvgIpc) is 2.78. The molecule has 1 aliphatic heterocycles. The van der Waals surface area contributed by atoms with Crippen LogP contribution in [0, 0.1) is 11.8 Å². The summed E-state index contributed by atoms with van der Waals surface area (Å²) in [5.74, 6) is -1.84. The number of likely N-dealkylation sites (tertiary alicyclic amines) is 1. The molecule has 0 radical (unpaired) electrons. The summed E-state index contributed by atoms with van der Waals surface area (Å²) in [4.78, 5) is 12.8. The molecule has 2 aromatic carbocycles. The summed E-state index contributed by atoms with van der Waals surface area (Å²) in [5, 5.41) is 19.3. The number of carboxylic acid groups (broad SMARTS) is 1. The Morgan fingerprint density at radius 3 is 2.31 bits per heavy atom. The van der Waals surface area contributed by atoms with Gasteiger partial charge in [0.2, 0.25) is 0 Å². The minimum atomic E-state index is -4.78. The highest BCUT2D eigenvalue weighted by Gasteiger charge is 2.41. The van der Waals surface area contributed by atoms with Gasteiger partial charge in [0.15, 0.2) is 0 Å². The summed E-state index contributed by atoms with van der Waals surface area (Å²) in [7, 11) is 0. The van der Waals surface area contributed by atoms with Gasteiger partial charge in [-0.05, 0) is 54.8 Å². The molecule has 1 fully saturated rings. The highest BCUT2D eigenvalue weighted by molar-refractivity contribution is 5.70. The van der Waals surface area contributed by atoms with Crippen molar-refractivity contribution in [3.8, 4) is 5.75 Å². The van der Waals surface area contributed by atoms with Gasteiger partial charge in [-0.15, -0.1) is 0 Å². The number of aliphatic hydroxyl groups excluding tert-OH is 1. The molecule has 11 heteroatoms. The maximum Gasteiger partial charge on any atom is 0.416 e. The molecule has 0 bridgehead atoms. The van der Waals surface area contributed by atoms with Crippen LogP contribution in [0.15, 0.2) is 42.5 Å². The van der Waals surface area contributed by atoms with Gasteiger partial charge in [0.05, 0.1) is 29.8 Å². The molecule has 0 aliphatic carbocycles. The highest BCUT2D eigenvalue weighted by atomic mass is 19.4. The fourth-order valence-electron chi connectivity index (χ4n) is 4.34. The molecule has 36 heavy (non-hydrogen) atoms. The molecule has 3 rings (SSSR count). The molecule has 3 atom stereocenters. The second-order valence-electron chi connectivity index (χ2n) is 9.00. The Bertz CT molecular complexity index is 1070. The van der Waals surface area contributed by atoms with Crippen LogP contribution < -0.4 is 4.74 Å². The van der Waals surface area contributed by atoms with Crippen molar-refractivity contribution in [1.29, 1.82) is 0 Å². The minimum Gasteiger partial charge on any atom is -0.493 e. The number of aliphatic hydroxyl groups is 1. The van der Waals surface area contributed by atoms with Gasteiger partial charge in [-0.1, -0.05) is 19.1 Å². The van der Waals surface area contributed by atoms with Gasteiger partial charge >= 0.3 is 18.3 Å². The molecule has 0 saturated carbocycles. The Morgan fingerprint density at radius 2 is 1.75 bits per heavy atom. The van der Waals surface area contributed by atoms with Gasteiger partial charge in [0.25, 0.3) is 0 Å². The highest BCUT2D eigenvalue weighted by Crippen LogP contribution is 2.42. The molecule has 1 aliphatic rings. The standard InChI is InChI=1S/C25H27F6NO4/c1-3-21(19-10-17(24(26,27)28)7-8-20(19)25(29,30)31)32-11-15(12-32)13-36-18-6-4-5-16(9-18)22(33)14(2)23(34)35/h4-10,14-15,21-22,33H,3,11-13H2,1-2H3,(H,34,35)/t14-,21?,22+/m0/s1. The lowest BCUT2D eigenvalue weighted by Gasteiger charge is -2.44. The second-order valence-corrected chi connectivity index (χ2v) is 9.00. The summed E-state index contributed by atoms with van der Waals surface area (Å²) in [5.41, 5.74) is -2.22. The molecule has 1 unspecified atom stereocenters. The third-order valence-corrected chi connectivity index (χ3v) is 6.40. The van der Waals surface area contributed by atoms with Crippen LogP contribution in [-0.4, -0.2) is 40.8 Å². The van der Waals surface area contributed by atoms with Crippen LogP contribution in [0.3, 0.4) is 0 Å². The van der Waals surface area contributed by atoms with E-state index in [-0.39, 0.29) is 18.9 Å². The first-order valence-corrected chi connectivity index (χ1v) is 11.4. The number of halogens is 6. The van der Waals surface area contributed by atoms with E-state index in [1.54, 1.807) is 30.0 Å². The van der Waals surface area contributed by atoms with E-state index >= 15 is 0 Å². The summed E-state index contributed by atoms with van der Waals surface area (Å²) >= 11 is 0. The van der Waals surface area contributed by atoms with Crippen molar-refractivity contribution in [3.05, 3.63) is 64.7 Å². The summed E-state index contributed by atoms with van der Waals surface area (Å²) in [6, 6.07) is 7.03. The van der Waals surface area contributed by atoms with Gasteiger partial charge in [-0.25, -0.2) is 0 Å². The predicted octanol–water partition coefficient (Wildman–Crippen LogP) is 5.94. The van der Waals surface area contributed by atoms with Gasteiger partial charge in [-0.3, -0.25) is 9.69 Å². The van der Waals surface area contributed by atoms with Gasteiger partial charge < -0.3 is 14.9 Å². The van der Waals surface area contributed by atoms with E-state index in [2.05, 4.69) is 0 Å². The third-order valence-electron chi connectivity index (χ3n) is 6.40. The predicted molar refractivity (Wildman–Crippen MR) is 118 cm³/mol. The zero-order valence-corrected chi connectivity index (χ0v) is 19.6. The number of alkyl halides is 6. The van der Waals surface area contributed by atoms with E-state index in [1.165, 1.54) is 13.0 Å². The van der Waals surface area contributed by atoms with Crippen molar-refractivity contribution < 1.29 is 46.1 Å². The summed E-state index contributed by atoms with van der Waals surface area (Å²) in [6.07, 6.45) is -10.6. The van der Waals surface area contributed by atoms with Crippen LogP contribution >= 0.6 is 0 Å². The number of rotatable bonds is 9. The van der Waals surface area contributed by atoms with Crippen LogP contribution in [-0.2, 0) is 17.1 Å². The number of carboxylic acids is 1. The summed E-state index contributed by atoms with van der Waals surface area (Å²) in [6.45, 7) is 3.89. The zero-order valence-electron chi connectivity index (χ0n) is 19.6. The number of aliphatic carboxylic acids is 1. The average molecular weight is 519 g/mol. The first-order chi connectivity index (χ1) is 16.7. The molecule has 0 aromatic heterocycles. The quantitative estimate of drug-likeness (QED) is 0.402. The largest absolute Gasteiger partial charge is 0.493 e. The Labute approximate surface area is 204 Å². The number of hydrogen-bond acceptors (Lipinski definition) is 4. The number of ether oxygens (including phenoxy) is 1. The number of hydrogen-bond donors (Lipinski definition) is 2. The van der Waals surface area contributed by atoms with Gasteiger partial charge in [-0.2, -0.15) is 26.3 Å². The van der Waals surface area contributed by atoms with E-state index in [4.69, 9.17) is 9.84 Å². The second kappa shape index (κ2) is 10.7. The number of benzene rings is 2. The Hall–Kier alpha value is -2.79.